The molecule has 0 spiro atoms. The van der Waals surface area contributed by atoms with Gasteiger partial charge in [0.15, 0.2) is 5.11 Å². The highest BCUT2D eigenvalue weighted by Crippen LogP contribution is 2.38. The lowest BCUT2D eigenvalue weighted by molar-refractivity contribution is 0.474. The van der Waals surface area contributed by atoms with Crippen LogP contribution in [-0.4, -0.2) is 22.5 Å². The van der Waals surface area contributed by atoms with E-state index in [0.717, 1.165) is 6.42 Å². The van der Waals surface area contributed by atoms with E-state index in [-0.39, 0.29) is 5.75 Å². The molecule has 5 heteroatoms. The number of nitrogens with one attached hydrogen (secondary N) is 2. The van der Waals surface area contributed by atoms with Gasteiger partial charge >= 0.3 is 0 Å². The van der Waals surface area contributed by atoms with Gasteiger partial charge in [-0.15, -0.1) is 0 Å². The topological polar surface area (TPSA) is 56.7 Å². The lowest BCUT2D eigenvalue weighted by Crippen LogP contribution is -2.42. The first-order valence-electron chi connectivity index (χ1n) is 6.78. The Balaban J connectivity index is 1.50. The normalized spacial score (nSPS) is 27.1. The maximum absolute atomic E-state index is 9.60. The maximum Gasteiger partial charge on any atom is 0.187 e. The number of allylic oxidation sites excluding steroid dienone is 1. The first-order chi connectivity index (χ1) is 9.72. The number of fused-ring (bicyclic) bond motifs is 2. The Morgan fingerprint density at radius 2 is 2.15 bits per heavy atom. The Bertz CT molecular complexity index is 570. The summed E-state index contributed by atoms with van der Waals surface area (Å²) in [6, 6.07) is 7.45. The van der Waals surface area contributed by atoms with Crippen LogP contribution in [0.2, 0.25) is 0 Å². The highest BCUT2D eigenvalue weighted by Gasteiger charge is 2.35. The van der Waals surface area contributed by atoms with Crippen LogP contribution < -0.4 is 10.7 Å². The lowest BCUT2D eigenvalue weighted by Gasteiger charge is -2.20. The second-order valence-electron chi connectivity index (χ2n) is 5.29. The molecular formula is C15H17N3OS. The standard InChI is InChI=1S/C15H17N3OS/c19-14-4-2-1-3-12(14)9-16-18-15(20)17-13-8-10-5-6-11(13)7-10/h1-6,9-11,13,19H,7-8H2,(H2,17,18,20)/b16-9-. The maximum atomic E-state index is 9.60. The number of benzene rings is 1. The molecule has 0 aliphatic heterocycles. The van der Waals surface area contributed by atoms with Crippen molar-refractivity contribution in [3.63, 3.8) is 0 Å². The summed E-state index contributed by atoms with van der Waals surface area (Å²) >= 11 is 5.23. The van der Waals surface area contributed by atoms with Gasteiger partial charge in [-0.1, -0.05) is 24.3 Å². The molecule has 2 aliphatic rings. The number of hydrogen-bond acceptors (Lipinski definition) is 3. The minimum absolute atomic E-state index is 0.204. The van der Waals surface area contributed by atoms with Gasteiger partial charge in [-0.3, -0.25) is 5.43 Å². The van der Waals surface area contributed by atoms with Gasteiger partial charge in [0.1, 0.15) is 5.75 Å². The van der Waals surface area contributed by atoms with Crippen LogP contribution in [0.1, 0.15) is 18.4 Å². The van der Waals surface area contributed by atoms with E-state index in [1.54, 1.807) is 24.4 Å². The molecule has 1 saturated carbocycles. The predicted octanol–water partition coefficient (Wildman–Crippen LogP) is 2.15. The van der Waals surface area contributed by atoms with Crippen molar-refractivity contribution in [2.24, 2.45) is 16.9 Å². The summed E-state index contributed by atoms with van der Waals surface area (Å²) in [6.45, 7) is 0. The van der Waals surface area contributed by atoms with Crippen LogP contribution in [-0.2, 0) is 0 Å². The Hall–Kier alpha value is -1.88. The molecule has 0 amide bonds. The Labute approximate surface area is 123 Å². The summed E-state index contributed by atoms with van der Waals surface area (Å²) in [7, 11) is 0. The van der Waals surface area contributed by atoms with Crippen molar-refractivity contribution in [2.75, 3.05) is 0 Å². The summed E-state index contributed by atoms with van der Waals surface area (Å²) < 4.78 is 0. The first-order valence-corrected chi connectivity index (χ1v) is 7.19. The number of phenolic OH excluding ortho intramolecular Hbond substituents is 1. The van der Waals surface area contributed by atoms with Crippen molar-refractivity contribution in [3.05, 3.63) is 42.0 Å². The number of nitrogens with zero attached hydrogens (tertiary/aromatic N) is 1. The molecule has 1 aromatic carbocycles. The van der Waals surface area contributed by atoms with Gasteiger partial charge < -0.3 is 10.4 Å². The summed E-state index contributed by atoms with van der Waals surface area (Å²) in [6.07, 6.45) is 8.52. The van der Waals surface area contributed by atoms with E-state index in [1.165, 1.54) is 6.42 Å². The van der Waals surface area contributed by atoms with Crippen molar-refractivity contribution < 1.29 is 5.11 Å². The third kappa shape index (κ3) is 2.82. The zero-order valence-corrected chi connectivity index (χ0v) is 11.8. The van der Waals surface area contributed by atoms with Crippen LogP contribution in [0.4, 0.5) is 0 Å². The number of para-hydroxylation sites is 1. The third-order valence-corrected chi connectivity index (χ3v) is 4.11. The molecular weight excluding hydrogens is 270 g/mol. The molecule has 3 N–H and O–H groups in total. The number of aromatic hydroxyl groups is 1. The molecule has 1 aromatic rings. The third-order valence-electron chi connectivity index (χ3n) is 3.90. The summed E-state index contributed by atoms with van der Waals surface area (Å²) in [5.74, 6) is 1.52. The Morgan fingerprint density at radius 3 is 2.85 bits per heavy atom. The molecule has 3 unspecified atom stereocenters. The Morgan fingerprint density at radius 1 is 1.30 bits per heavy atom. The smallest absolute Gasteiger partial charge is 0.187 e. The average molecular weight is 287 g/mol. The van der Waals surface area contributed by atoms with E-state index in [4.69, 9.17) is 12.2 Å². The molecule has 0 saturated heterocycles. The fourth-order valence-corrected chi connectivity index (χ4v) is 3.11. The van der Waals surface area contributed by atoms with E-state index < -0.39 is 0 Å². The number of hydrogen-bond donors (Lipinski definition) is 3. The van der Waals surface area contributed by atoms with Crippen LogP contribution in [0.5, 0.6) is 5.75 Å². The molecule has 0 radical (unpaired) electrons. The van der Waals surface area contributed by atoms with Crippen LogP contribution in [0.3, 0.4) is 0 Å². The summed E-state index contributed by atoms with van der Waals surface area (Å²) in [4.78, 5) is 0. The SMILES string of the molecule is Oc1ccccc1/C=N\NC(=S)NC1CC2C=CC1C2. The van der Waals surface area contributed by atoms with E-state index in [2.05, 4.69) is 28.0 Å². The number of hydrazone groups is 1. The molecule has 20 heavy (non-hydrogen) atoms. The quantitative estimate of drug-likeness (QED) is 0.345. The molecule has 1 fully saturated rings. The molecule has 2 bridgehead atoms. The van der Waals surface area contributed by atoms with Crippen LogP contribution >= 0.6 is 12.2 Å². The molecule has 3 rings (SSSR count). The largest absolute Gasteiger partial charge is 0.507 e. The van der Waals surface area contributed by atoms with Gasteiger partial charge in [0.05, 0.1) is 6.21 Å². The molecule has 2 aliphatic carbocycles. The van der Waals surface area contributed by atoms with Crippen molar-refractivity contribution >= 4 is 23.5 Å². The second-order valence-corrected chi connectivity index (χ2v) is 5.70. The monoisotopic (exact) mass is 287 g/mol. The van der Waals surface area contributed by atoms with Crippen LogP contribution in [0.15, 0.2) is 41.5 Å². The Kier molecular flexibility index (Phi) is 3.69. The second kappa shape index (κ2) is 5.63. The lowest BCUT2D eigenvalue weighted by atomic mass is 10.0. The molecule has 0 heterocycles. The fourth-order valence-electron chi connectivity index (χ4n) is 2.90. The van der Waals surface area contributed by atoms with Crippen molar-refractivity contribution in [1.82, 2.24) is 10.7 Å². The van der Waals surface area contributed by atoms with Gasteiger partial charge in [-0.2, -0.15) is 5.10 Å². The molecule has 104 valence electrons. The van der Waals surface area contributed by atoms with E-state index in [1.807, 2.05) is 6.07 Å². The zero-order chi connectivity index (χ0) is 13.9. The first kappa shape index (κ1) is 13.1. The minimum Gasteiger partial charge on any atom is -0.507 e. The van der Waals surface area contributed by atoms with Gasteiger partial charge in [-0.05, 0) is 49.0 Å². The van der Waals surface area contributed by atoms with Gasteiger partial charge in [0, 0.05) is 11.6 Å². The highest BCUT2D eigenvalue weighted by molar-refractivity contribution is 7.80. The van der Waals surface area contributed by atoms with E-state index in [9.17, 15) is 5.11 Å². The van der Waals surface area contributed by atoms with Crippen molar-refractivity contribution in [2.45, 2.75) is 18.9 Å². The molecule has 0 aromatic heterocycles. The molecule has 4 nitrogen and oxygen atoms in total. The predicted molar refractivity (Wildman–Crippen MR) is 83.7 cm³/mol. The van der Waals surface area contributed by atoms with Gasteiger partial charge in [0.25, 0.3) is 0 Å². The number of thiocarbonyl (C=S) groups is 1. The van der Waals surface area contributed by atoms with Crippen LogP contribution in [0.25, 0.3) is 0 Å². The van der Waals surface area contributed by atoms with Gasteiger partial charge in [-0.25, -0.2) is 0 Å². The number of phenols is 1. The highest BCUT2D eigenvalue weighted by atomic mass is 32.1. The van der Waals surface area contributed by atoms with E-state index in [0.29, 0.717) is 28.6 Å². The molecule has 3 atom stereocenters. The average Bonchev–Trinajstić information content (AvgIpc) is 3.03. The van der Waals surface area contributed by atoms with E-state index >= 15 is 0 Å². The minimum atomic E-state index is 0.204. The van der Waals surface area contributed by atoms with Crippen LogP contribution in [0, 0.1) is 11.8 Å². The van der Waals surface area contributed by atoms with Gasteiger partial charge in [0.2, 0.25) is 0 Å². The number of rotatable bonds is 3. The van der Waals surface area contributed by atoms with Crippen molar-refractivity contribution in [3.8, 4) is 5.75 Å². The summed E-state index contributed by atoms with van der Waals surface area (Å²) in [5, 5.41) is 17.5. The fraction of sp³-hybridized carbons (Fsp3) is 0.333. The zero-order valence-electron chi connectivity index (χ0n) is 11.0. The van der Waals surface area contributed by atoms with Crippen molar-refractivity contribution in [1.29, 1.82) is 0 Å². The summed E-state index contributed by atoms with van der Waals surface area (Å²) in [5.41, 5.74) is 3.46.